The van der Waals surface area contributed by atoms with Crippen LogP contribution in [0.3, 0.4) is 0 Å². The smallest absolute Gasteiger partial charge is 0.358 e. The van der Waals surface area contributed by atoms with Crippen LogP contribution in [0.5, 0.6) is 0 Å². The van der Waals surface area contributed by atoms with Gasteiger partial charge in [-0.05, 0) is 19.8 Å². The molecule has 1 saturated carbocycles. The van der Waals surface area contributed by atoms with E-state index in [-0.39, 0.29) is 11.2 Å². The van der Waals surface area contributed by atoms with Crippen LogP contribution in [-0.4, -0.2) is 26.6 Å². The molecule has 1 aliphatic carbocycles. The van der Waals surface area contributed by atoms with Crippen molar-refractivity contribution in [3.63, 3.8) is 0 Å². The molecule has 14 heavy (non-hydrogen) atoms. The summed E-state index contributed by atoms with van der Waals surface area (Å²) in [4.78, 5) is 18.5. The van der Waals surface area contributed by atoms with Crippen LogP contribution in [0, 0.1) is 0 Å². The fourth-order valence-electron chi connectivity index (χ4n) is 1.18. The third kappa shape index (κ3) is 1.66. The summed E-state index contributed by atoms with van der Waals surface area (Å²) in [6.07, 6.45) is 4.95. The first-order valence-electron chi connectivity index (χ1n) is 4.43. The molecule has 1 aromatic heterocycles. The third-order valence-corrected chi connectivity index (χ3v) is 2.32. The van der Waals surface area contributed by atoms with Gasteiger partial charge in [0.25, 0.3) is 0 Å². The van der Waals surface area contributed by atoms with E-state index in [9.17, 15) is 4.79 Å². The molecule has 0 radical (unpaired) electrons. The number of nitrogens with zero attached hydrogens (tertiary/aromatic N) is 2. The van der Waals surface area contributed by atoms with Crippen LogP contribution >= 0.6 is 0 Å². The second-order valence-electron chi connectivity index (χ2n) is 3.74. The number of carbonyl (C=O) groups is 1. The lowest BCUT2D eigenvalue weighted by Gasteiger charge is -2.12. The maximum Gasteiger partial charge on any atom is 0.358 e. The van der Waals surface area contributed by atoms with Crippen molar-refractivity contribution in [1.82, 2.24) is 9.97 Å². The molecule has 1 aliphatic rings. The van der Waals surface area contributed by atoms with Gasteiger partial charge in [-0.15, -0.1) is 0 Å². The van der Waals surface area contributed by atoms with E-state index in [2.05, 4.69) is 15.3 Å². The van der Waals surface area contributed by atoms with E-state index in [0.29, 0.717) is 5.82 Å². The summed E-state index contributed by atoms with van der Waals surface area (Å²) in [5.74, 6) is -0.690. The topological polar surface area (TPSA) is 75.1 Å². The Bertz CT molecular complexity index is 374. The lowest BCUT2D eigenvalue weighted by molar-refractivity contribution is 0.0691. The van der Waals surface area contributed by atoms with Crippen LogP contribution in [0.15, 0.2) is 12.4 Å². The third-order valence-electron chi connectivity index (χ3n) is 2.32. The summed E-state index contributed by atoms with van der Waals surface area (Å²) < 4.78 is 0. The van der Waals surface area contributed by atoms with Gasteiger partial charge < -0.3 is 10.4 Å². The first-order valence-corrected chi connectivity index (χ1v) is 4.43. The monoisotopic (exact) mass is 193 g/mol. The zero-order valence-electron chi connectivity index (χ0n) is 7.82. The van der Waals surface area contributed by atoms with Crippen molar-refractivity contribution in [2.75, 3.05) is 5.32 Å². The molecule has 0 atom stereocenters. The highest BCUT2D eigenvalue weighted by molar-refractivity contribution is 5.90. The van der Waals surface area contributed by atoms with E-state index in [0.717, 1.165) is 12.8 Å². The van der Waals surface area contributed by atoms with E-state index in [1.165, 1.54) is 12.4 Å². The predicted octanol–water partition coefficient (Wildman–Crippen LogP) is 1.14. The van der Waals surface area contributed by atoms with Crippen LogP contribution in [0.1, 0.15) is 30.3 Å². The largest absolute Gasteiger partial charge is 0.476 e. The lowest BCUT2D eigenvalue weighted by atomic mass is 10.3. The average Bonchev–Trinajstić information content (AvgIpc) is 2.84. The molecule has 0 unspecified atom stereocenters. The number of hydrogen-bond donors (Lipinski definition) is 2. The number of hydrogen-bond acceptors (Lipinski definition) is 4. The Morgan fingerprint density at radius 1 is 1.50 bits per heavy atom. The van der Waals surface area contributed by atoms with Gasteiger partial charge in [0.2, 0.25) is 0 Å². The van der Waals surface area contributed by atoms with Crippen molar-refractivity contribution in [1.29, 1.82) is 0 Å². The molecule has 5 nitrogen and oxygen atoms in total. The van der Waals surface area contributed by atoms with Crippen molar-refractivity contribution in [2.45, 2.75) is 25.3 Å². The highest BCUT2D eigenvalue weighted by Gasteiger charge is 2.38. The molecule has 2 N–H and O–H groups in total. The van der Waals surface area contributed by atoms with Crippen molar-refractivity contribution in [3.8, 4) is 0 Å². The molecule has 0 bridgehead atoms. The Balaban J connectivity index is 2.27. The maximum atomic E-state index is 10.8. The highest BCUT2D eigenvalue weighted by Crippen LogP contribution is 2.37. The SMILES string of the molecule is CC1(Nc2nccnc2C(=O)O)CC1. The second-order valence-corrected chi connectivity index (χ2v) is 3.74. The van der Waals surface area contributed by atoms with Crippen molar-refractivity contribution in [3.05, 3.63) is 18.1 Å². The molecular formula is C9H11N3O2. The molecule has 1 fully saturated rings. The summed E-state index contributed by atoms with van der Waals surface area (Å²) in [5, 5.41) is 11.9. The molecule has 0 amide bonds. The first kappa shape index (κ1) is 8.93. The molecule has 2 rings (SSSR count). The molecule has 0 aliphatic heterocycles. The quantitative estimate of drug-likeness (QED) is 0.752. The molecule has 0 saturated heterocycles. The molecule has 1 aromatic rings. The Hall–Kier alpha value is -1.65. The van der Waals surface area contributed by atoms with Gasteiger partial charge in [0.15, 0.2) is 11.5 Å². The van der Waals surface area contributed by atoms with Gasteiger partial charge in [0.1, 0.15) is 0 Å². The Morgan fingerprint density at radius 3 is 2.71 bits per heavy atom. The standard InChI is InChI=1S/C9H11N3O2/c1-9(2-3-9)12-7-6(8(13)14)10-4-5-11-7/h4-5H,2-3H2,1H3,(H,11,12)(H,13,14). The minimum absolute atomic E-state index is 0.0133. The number of nitrogens with one attached hydrogen (secondary N) is 1. The number of rotatable bonds is 3. The van der Waals surface area contributed by atoms with Gasteiger partial charge in [0.05, 0.1) is 0 Å². The normalized spacial score (nSPS) is 17.5. The van der Waals surface area contributed by atoms with E-state index in [4.69, 9.17) is 5.11 Å². The van der Waals surface area contributed by atoms with Crippen molar-refractivity contribution >= 4 is 11.8 Å². The number of aromatic nitrogens is 2. The Kier molecular flexibility index (Phi) is 1.87. The molecule has 74 valence electrons. The number of aromatic carboxylic acids is 1. The average molecular weight is 193 g/mol. The Labute approximate surface area is 81.2 Å². The minimum atomic E-state index is -1.05. The fraction of sp³-hybridized carbons (Fsp3) is 0.444. The maximum absolute atomic E-state index is 10.8. The molecule has 0 spiro atoms. The molecule has 1 heterocycles. The minimum Gasteiger partial charge on any atom is -0.476 e. The lowest BCUT2D eigenvalue weighted by Crippen LogP contribution is -2.20. The summed E-state index contributed by atoms with van der Waals surface area (Å²) in [7, 11) is 0. The van der Waals surface area contributed by atoms with Gasteiger partial charge in [0, 0.05) is 17.9 Å². The molecule has 0 aromatic carbocycles. The van der Waals surface area contributed by atoms with E-state index in [1.54, 1.807) is 0 Å². The van der Waals surface area contributed by atoms with Crippen LogP contribution in [0.2, 0.25) is 0 Å². The summed E-state index contributed by atoms with van der Waals surface area (Å²) in [5.41, 5.74) is 0.000810. The van der Waals surface area contributed by atoms with Gasteiger partial charge >= 0.3 is 5.97 Å². The van der Waals surface area contributed by atoms with Crippen molar-refractivity contribution < 1.29 is 9.90 Å². The summed E-state index contributed by atoms with van der Waals surface area (Å²) >= 11 is 0. The van der Waals surface area contributed by atoms with Gasteiger partial charge in [-0.2, -0.15) is 0 Å². The van der Waals surface area contributed by atoms with Crippen LogP contribution < -0.4 is 5.32 Å². The fourth-order valence-corrected chi connectivity index (χ4v) is 1.18. The van der Waals surface area contributed by atoms with Gasteiger partial charge in [-0.1, -0.05) is 0 Å². The molecular weight excluding hydrogens is 182 g/mol. The first-order chi connectivity index (χ1) is 6.61. The van der Waals surface area contributed by atoms with E-state index < -0.39 is 5.97 Å². The number of anilines is 1. The summed E-state index contributed by atoms with van der Waals surface area (Å²) in [6, 6.07) is 0. The number of carboxylic acid groups (broad SMARTS) is 1. The van der Waals surface area contributed by atoms with Crippen molar-refractivity contribution in [2.24, 2.45) is 0 Å². The predicted molar refractivity (Wildman–Crippen MR) is 50.3 cm³/mol. The zero-order valence-corrected chi connectivity index (χ0v) is 7.82. The second kappa shape index (κ2) is 2.94. The van der Waals surface area contributed by atoms with E-state index >= 15 is 0 Å². The van der Waals surface area contributed by atoms with E-state index in [1.807, 2.05) is 6.92 Å². The zero-order chi connectivity index (χ0) is 10.2. The highest BCUT2D eigenvalue weighted by atomic mass is 16.4. The summed E-state index contributed by atoms with van der Waals surface area (Å²) in [6.45, 7) is 2.04. The van der Waals surface area contributed by atoms with Crippen LogP contribution in [0.25, 0.3) is 0 Å². The Morgan fingerprint density at radius 2 is 2.14 bits per heavy atom. The van der Waals surface area contributed by atoms with Crippen LogP contribution in [0.4, 0.5) is 5.82 Å². The molecule has 5 heteroatoms. The van der Waals surface area contributed by atoms with Crippen LogP contribution in [-0.2, 0) is 0 Å². The van der Waals surface area contributed by atoms with Gasteiger partial charge in [-0.25, -0.2) is 14.8 Å². The van der Waals surface area contributed by atoms with Gasteiger partial charge in [-0.3, -0.25) is 0 Å². The number of carboxylic acids is 1.